The Balaban J connectivity index is 2.09. The van der Waals surface area contributed by atoms with Crippen LogP contribution in [-0.4, -0.2) is 19.4 Å². The Bertz CT molecular complexity index is 578. The van der Waals surface area contributed by atoms with Crippen LogP contribution in [0.15, 0.2) is 29.2 Å². The van der Waals surface area contributed by atoms with Gasteiger partial charge in [-0.2, -0.15) is 0 Å². The van der Waals surface area contributed by atoms with Gasteiger partial charge in [0.05, 0.1) is 4.90 Å². The fraction of sp³-hybridized carbons (Fsp3) is 0.500. The first-order chi connectivity index (χ1) is 9.42. The molecule has 3 N–H and O–H groups in total. The van der Waals surface area contributed by atoms with Gasteiger partial charge in [-0.25, -0.2) is 13.1 Å². The van der Waals surface area contributed by atoms with Crippen molar-refractivity contribution in [1.82, 2.24) is 4.72 Å². The Labute approximate surface area is 125 Å². The van der Waals surface area contributed by atoms with E-state index in [2.05, 4.69) is 4.72 Å². The van der Waals surface area contributed by atoms with E-state index in [1.54, 1.807) is 24.3 Å². The third-order valence-electron chi connectivity index (χ3n) is 3.58. The highest BCUT2D eigenvalue weighted by atomic mass is 32.2. The van der Waals surface area contributed by atoms with Crippen LogP contribution in [-0.2, 0) is 10.0 Å². The molecule has 0 spiro atoms. The predicted octanol–water partition coefficient (Wildman–Crippen LogP) is 2.18. The van der Waals surface area contributed by atoms with Crippen LogP contribution in [0.25, 0.3) is 0 Å². The smallest absolute Gasteiger partial charge is 0.240 e. The van der Waals surface area contributed by atoms with Crippen molar-refractivity contribution in [3.05, 3.63) is 29.8 Å². The first-order valence-electron chi connectivity index (χ1n) is 6.84. The van der Waals surface area contributed by atoms with Gasteiger partial charge in [0.25, 0.3) is 0 Å². The zero-order valence-corrected chi connectivity index (χ0v) is 13.1. The average Bonchev–Trinajstić information content (AvgIpc) is 3.21. The van der Waals surface area contributed by atoms with Crippen molar-refractivity contribution in [2.24, 2.45) is 11.7 Å². The Kier molecular flexibility index (Phi) is 4.78. The van der Waals surface area contributed by atoms with Crippen LogP contribution in [0.2, 0.25) is 0 Å². The highest BCUT2D eigenvalue weighted by Gasteiger charge is 2.27. The number of benzene rings is 1. The SMILES string of the molecule is CCC(CC1CC1)NS(=O)(=O)c1ccc(C(N)=S)cc1. The second-order valence-corrected chi connectivity index (χ2v) is 7.45. The summed E-state index contributed by atoms with van der Waals surface area (Å²) in [5.74, 6) is 0.694. The van der Waals surface area contributed by atoms with E-state index in [0.29, 0.717) is 11.5 Å². The number of sulfonamides is 1. The van der Waals surface area contributed by atoms with Crippen molar-refractivity contribution in [3.8, 4) is 0 Å². The molecule has 0 aliphatic heterocycles. The lowest BCUT2D eigenvalue weighted by molar-refractivity contribution is 0.495. The van der Waals surface area contributed by atoms with Crippen molar-refractivity contribution in [2.75, 3.05) is 0 Å². The summed E-state index contributed by atoms with van der Waals surface area (Å²) in [6, 6.07) is 6.38. The van der Waals surface area contributed by atoms with E-state index in [9.17, 15) is 8.42 Å². The molecule has 1 aromatic rings. The minimum atomic E-state index is -3.47. The lowest BCUT2D eigenvalue weighted by Gasteiger charge is -2.17. The maximum absolute atomic E-state index is 12.3. The maximum Gasteiger partial charge on any atom is 0.240 e. The molecule has 1 atom stereocenters. The zero-order chi connectivity index (χ0) is 14.8. The van der Waals surface area contributed by atoms with Gasteiger partial charge in [-0.05, 0) is 30.9 Å². The first-order valence-corrected chi connectivity index (χ1v) is 8.73. The van der Waals surface area contributed by atoms with Gasteiger partial charge in [-0.15, -0.1) is 0 Å². The fourth-order valence-electron chi connectivity index (χ4n) is 2.14. The van der Waals surface area contributed by atoms with Crippen molar-refractivity contribution in [2.45, 2.75) is 43.5 Å². The number of thiocarbonyl (C=S) groups is 1. The molecule has 20 heavy (non-hydrogen) atoms. The highest BCUT2D eigenvalue weighted by Crippen LogP contribution is 2.34. The number of rotatable bonds is 7. The molecule has 0 heterocycles. The lowest BCUT2D eigenvalue weighted by atomic mass is 10.1. The molecule has 2 rings (SSSR count). The van der Waals surface area contributed by atoms with Crippen molar-refractivity contribution >= 4 is 27.2 Å². The van der Waals surface area contributed by atoms with E-state index in [1.807, 2.05) is 6.92 Å². The topological polar surface area (TPSA) is 72.2 Å². The molecule has 1 aliphatic carbocycles. The second-order valence-electron chi connectivity index (χ2n) is 5.29. The summed E-state index contributed by atoms with van der Waals surface area (Å²) in [5.41, 5.74) is 6.17. The first kappa shape index (κ1) is 15.4. The molecule has 110 valence electrons. The molecule has 1 aromatic carbocycles. The summed E-state index contributed by atoms with van der Waals surface area (Å²) < 4.78 is 27.4. The Morgan fingerprint density at radius 3 is 2.45 bits per heavy atom. The van der Waals surface area contributed by atoms with E-state index in [4.69, 9.17) is 18.0 Å². The molecule has 1 unspecified atom stereocenters. The molecule has 0 aromatic heterocycles. The normalized spacial score (nSPS) is 16.9. The third kappa shape index (κ3) is 4.01. The zero-order valence-electron chi connectivity index (χ0n) is 11.5. The summed E-state index contributed by atoms with van der Waals surface area (Å²) in [5, 5.41) is 0. The van der Waals surface area contributed by atoms with Gasteiger partial charge in [0, 0.05) is 11.6 Å². The molecular weight excluding hydrogens is 292 g/mol. The number of hydrogen-bond donors (Lipinski definition) is 2. The average molecular weight is 312 g/mol. The number of hydrogen-bond acceptors (Lipinski definition) is 3. The summed E-state index contributed by atoms with van der Waals surface area (Å²) in [6.07, 6.45) is 4.18. The van der Waals surface area contributed by atoms with Gasteiger partial charge >= 0.3 is 0 Å². The van der Waals surface area contributed by atoms with Gasteiger partial charge in [-0.1, -0.05) is 44.1 Å². The van der Waals surface area contributed by atoms with Crippen LogP contribution in [0, 0.1) is 5.92 Å². The summed E-state index contributed by atoms with van der Waals surface area (Å²) in [7, 11) is -3.47. The van der Waals surface area contributed by atoms with Crippen molar-refractivity contribution in [3.63, 3.8) is 0 Å². The number of nitrogens with two attached hydrogens (primary N) is 1. The van der Waals surface area contributed by atoms with Gasteiger partial charge in [0.1, 0.15) is 4.99 Å². The monoisotopic (exact) mass is 312 g/mol. The molecule has 0 amide bonds. The molecule has 0 saturated heterocycles. The molecule has 0 radical (unpaired) electrons. The largest absolute Gasteiger partial charge is 0.389 e. The van der Waals surface area contributed by atoms with E-state index >= 15 is 0 Å². The quantitative estimate of drug-likeness (QED) is 0.757. The van der Waals surface area contributed by atoms with E-state index in [1.165, 1.54) is 12.8 Å². The molecule has 6 heteroatoms. The van der Waals surface area contributed by atoms with Crippen LogP contribution in [0.3, 0.4) is 0 Å². The van der Waals surface area contributed by atoms with E-state index in [0.717, 1.165) is 12.8 Å². The van der Waals surface area contributed by atoms with Crippen LogP contribution in [0.4, 0.5) is 0 Å². The third-order valence-corrected chi connectivity index (χ3v) is 5.35. The Morgan fingerprint density at radius 1 is 1.40 bits per heavy atom. The van der Waals surface area contributed by atoms with Gasteiger partial charge in [0.2, 0.25) is 10.0 Å². The van der Waals surface area contributed by atoms with Crippen LogP contribution < -0.4 is 10.5 Å². The molecule has 4 nitrogen and oxygen atoms in total. The Morgan fingerprint density at radius 2 is 2.00 bits per heavy atom. The Hall–Kier alpha value is -0.980. The van der Waals surface area contributed by atoms with E-state index < -0.39 is 10.0 Å². The van der Waals surface area contributed by atoms with Crippen LogP contribution in [0.1, 0.15) is 38.2 Å². The van der Waals surface area contributed by atoms with Crippen LogP contribution >= 0.6 is 12.2 Å². The summed E-state index contributed by atoms with van der Waals surface area (Å²) in [4.78, 5) is 0.522. The van der Waals surface area contributed by atoms with E-state index in [-0.39, 0.29) is 15.9 Å². The van der Waals surface area contributed by atoms with Crippen molar-refractivity contribution in [1.29, 1.82) is 0 Å². The predicted molar refractivity (Wildman–Crippen MR) is 84.1 cm³/mol. The lowest BCUT2D eigenvalue weighted by Crippen LogP contribution is -2.34. The van der Waals surface area contributed by atoms with Gasteiger partial charge in [-0.3, -0.25) is 0 Å². The van der Waals surface area contributed by atoms with Crippen LogP contribution in [0.5, 0.6) is 0 Å². The molecular formula is C14H20N2O2S2. The van der Waals surface area contributed by atoms with Gasteiger partial charge < -0.3 is 5.73 Å². The second kappa shape index (κ2) is 6.20. The van der Waals surface area contributed by atoms with Crippen molar-refractivity contribution < 1.29 is 8.42 Å². The maximum atomic E-state index is 12.3. The van der Waals surface area contributed by atoms with Gasteiger partial charge in [0.15, 0.2) is 0 Å². The molecule has 1 aliphatic rings. The summed E-state index contributed by atoms with van der Waals surface area (Å²) >= 11 is 4.85. The minimum absolute atomic E-state index is 0.0164. The molecule has 0 bridgehead atoms. The minimum Gasteiger partial charge on any atom is -0.389 e. The number of nitrogens with one attached hydrogen (secondary N) is 1. The summed E-state index contributed by atoms with van der Waals surface area (Å²) in [6.45, 7) is 2.01. The standard InChI is InChI=1S/C14H20N2O2S2/c1-2-12(9-10-3-4-10)16-20(17,18)13-7-5-11(6-8-13)14(15)19/h5-8,10,12,16H,2-4,9H2,1H3,(H2,15,19). The molecule has 1 fully saturated rings. The fourth-order valence-corrected chi connectivity index (χ4v) is 3.61. The highest BCUT2D eigenvalue weighted by molar-refractivity contribution is 7.89. The molecule has 1 saturated carbocycles.